The molecule has 1 heterocycles. The van der Waals surface area contributed by atoms with E-state index >= 15 is 0 Å². The van der Waals surface area contributed by atoms with E-state index in [0.29, 0.717) is 13.0 Å². The van der Waals surface area contributed by atoms with Crippen LogP contribution in [0.25, 0.3) is 0 Å². The molecule has 33 heavy (non-hydrogen) atoms. The Morgan fingerprint density at radius 3 is 2.36 bits per heavy atom. The Hall–Kier alpha value is -2.70. The number of carbonyl (C=O) groups excluding carboxylic acids is 2. The van der Waals surface area contributed by atoms with Gasteiger partial charge in [-0.05, 0) is 36.8 Å². The van der Waals surface area contributed by atoms with Gasteiger partial charge in [0.05, 0.1) is 18.3 Å². The first kappa shape index (κ1) is 23.5. The number of fused-ring (bicyclic) bond motifs is 1. The summed E-state index contributed by atoms with van der Waals surface area (Å²) >= 11 is 0. The van der Waals surface area contributed by atoms with Crippen molar-refractivity contribution in [3.05, 3.63) is 71.8 Å². The zero-order valence-electron chi connectivity index (χ0n) is 19.0. The molecule has 2 aromatic carbocycles. The van der Waals surface area contributed by atoms with Crippen LogP contribution in [0, 0.1) is 5.92 Å². The summed E-state index contributed by atoms with van der Waals surface area (Å²) in [6, 6.07) is 20.4. The zero-order chi connectivity index (χ0) is 23.3. The molecule has 0 radical (unpaired) electrons. The second-order valence-corrected chi connectivity index (χ2v) is 9.51. The second-order valence-electron chi connectivity index (χ2n) is 9.51. The molecule has 4 N–H and O–H groups in total. The average molecular weight is 451 g/mol. The van der Waals surface area contributed by atoms with E-state index in [-0.39, 0.29) is 42.3 Å². The van der Waals surface area contributed by atoms with Crippen LogP contribution in [0.15, 0.2) is 60.7 Å². The third-order valence-corrected chi connectivity index (χ3v) is 7.41. The molecule has 1 saturated heterocycles. The van der Waals surface area contributed by atoms with Gasteiger partial charge in [0.15, 0.2) is 0 Å². The lowest BCUT2D eigenvalue weighted by molar-refractivity contribution is -0.139. The molecule has 2 aliphatic rings. The molecule has 6 heteroatoms. The smallest absolute Gasteiger partial charge is 0.220 e. The number of aliphatic hydroxyl groups is 1. The van der Waals surface area contributed by atoms with Gasteiger partial charge in [-0.25, -0.2) is 0 Å². The molecule has 2 fully saturated rings. The van der Waals surface area contributed by atoms with Crippen LogP contribution in [-0.2, 0) is 19.7 Å². The van der Waals surface area contributed by atoms with Crippen LogP contribution in [0.1, 0.15) is 62.2 Å². The van der Waals surface area contributed by atoms with Crippen molar-refractivity contribution in [1.29, 1.82) is 0 Å². The molecule has 2 amide bonds. The molecular weight excluding hydrogens is 416 g/mol. The number of nitrogens with two attached hydrogens (primary N) is 1. The van der Waals surface area contributed by atoms with Gasteiger partial charge in [-0.15, -0.1) is 0 Å². The van der Waals surface area contributed by atoms with Crippen molar-refractivity contribution >= 4 is 11.8 Å². The van der Waals surface area contributed by atoms with Gasteiger partial charge in [0.25, 0.3) is 0 Å². The minimum atomic E-state index is -0.472. The summed E-state index contributed by atoms with van der Waals surface area (Å²) in [5.41, 5.74) is 7.25. The van der Waals surface area contributed by atoms with Crippen molar-refractivity contribution in [2.24, 2.45) is 11.7 Å². The monoisotopic (exact) mass is 450 g/mol. The van der Waals surface area contributed by atoms with E-state index in [1.807, 2.05) is 36.4 Å². The Balaban J connectivity index is 1.51. The Labute approximate surface area is 195 Å². The SMILES string of the molecule is NC(=O)CCC(=O)NC[C@]1(c2ccccc2)CC[C@H]2[C@H](CC1)O[C@H](c1ccccc1)C[C@@H]2O. The van der Waals surface area contributed by atoms with Gasteiger partial charge in [0.2, 0.25) is 11.8 Å². The number of amides is 2. The van der Waals surface area contributed by atoms with Gasteiger partial charge in [0.1, 0.15) is 0 Å². The minimum absolute atomic E-state index is 0.0184. The van der Waals surface area contributed by atoms with E-state index in [4.69, 9.17) is 10.5 Å². The third-order valence-electron chi connectivity index (χ3n) is 7.41. The Bertz CT molecular complexity index is 936. The maximum absolute atomic E-state index is 12.4. The van der Waals surface area contributed by atoms with Gasteiger partial charge < -0.3 is 20.9 Å². The summed E-state index contributed by atoms with van der Waals surface area (Å²) in [6.45, 7) is 0.492. The highest BCUT2D eigenvalue weighted by atomic mass is 16.5. The summed E-state index contributed by atoms with van der Waals surface area (Å²) in [7, 11) is 0. The minimum Gasteiger partial charge on any atom is -0.393 e. The van der Waals surface area contributed by atoms with E-state index in [9.17, 15) is 14.7 Å². The van der Waals surface area contributed by atoms with Gasteiger partial charge >= 0.3 is 0 Å². The molecule has 1 saturated carbocycles. The summed E-state index contributed by atoms with van der Waals surface area (Å²) in [5.74, 6) is -0.548. The molecule has 0 bridgehead atoms. The molecule has 0 unspecified atom stereocenters. The quantitative estimate of drug-likeness (QED) is 0.602. The highest BCUT2D eigenvalue weighted by Gasteiger charge is 2.44. The van der Waals surface area contributed by atoms with Crippen LogP contribution in [0.3, 0.4) is 0 Å². The molecule has 4 rings (SSSR count). The van der Waals surface area contributed by atoms with Crippen molar-refractivity contribution in [2.45, 2.75) is 68.7 Å². The van der Waals surface area contributed by atoms with Crippen LogP contribution in [-0.4, -0.2) is 35.7 Å². The zero-order valence-corrected chi connectivity index (χ0v) is 19.0. The van der Waals surface area contributed by atoms with Crippen molar-refractivity contribution in [2.75, 3.05) is 6.54 Å². The predicted octanol–water partition coefficient (Wildman–Crippen LogP) is 3.39. The first-order valence-electron chi connectivity index (χ1n) is 12.0. The lowest BCUT2D eigenvalue weighted by Gasteiger charge is -2.39. The molecule has 2 aromatic rings. The molecular formula is C27H34N2O4. The van der Waals surface area contributed by atoms with E-state index < -0.39 is 12.0 Å². The van der Waals surface area contributed by atoms with Crippen molar-refractivity contribution in [1.82, 2.24) is 5.32 Å². The Morgan fingerprint density at radius 1 is 1.00 bits per heavy atom. The van der Waals surface area contributed by atoms with Crippen molar-refractivity contribution in [3.8, 4) is 0 Å². The average Bonchev–Trinajstić information content (AvgIpc) is 3.03. The topological polar surface area (TPSA) is 102 Å². The summed E-state index contributed by atoms with van der Waals surface area (Å²) < 4.78 is 6.55. The second kappa shape index (κ2) is 10.5. The number of aliphatic hydroxyl groups excluding tert-OH is 1. The molecule has 1 aliphatic carbocycles. The fraction of sp³-hybridized carbons (Fsp3) is 0.481. The van der Waals surface area contributed by atoms with Crippen LogP contribution in [0.2, 0.25) is 0 Å². The number of hydrogen-bond donors (Lipinski definition) is 3. The van der Waals surface area contributed by atoms with Crippen LogP contribution < -0.4 is 11.1 Å². The molecule has 6 nitrogen and oxygen atoms in total. The van der Waals surface area contributed by atoms with Gasteiger partial charge in [0, 0.05) is 37.1 Å². The fourth-order valence-electron chi connectivity index (χ4n) is 5.49. The van der Waals surface area contributed by atoms with E-state index in [2.05, 4.69) is 29.6 Å². The number of ether oxygens (including phenoxy) is 1. The molecule has 1 aliphatic heterocycles. The Kier molecular flexibility index (Phi) is 7.46. The predicted molar refractivity (Wildman–Crippen MR) is 126 cm³/mol. The number of hydrogen-bond acceptors (Lipinski definition) is 4. The maximum Gasteiger partial charge on any atom is 0.220 e. The lowest BCUT2D eigenvalue weighted by atomic mass is 9.73. The number of benzene rings is 2. The van der Waals surface area contributed by atoms with Crippen molar-refractivity contribution < 1.29 is 19.4 Å². The fourth-order valence-corrected chi connectivity index (χ4v) is 5.49. The summed E-state index contributed by atoms with van der Waals surface area (Å²) in [6.07, 6.45) is 3.58. The number of primary amides is 1. The first-order valence-corrected chi connectivity index (χ1v) is 12.0. The molecule has 5 atom stereocenters. The lowest BCUT2D eigenvalue weighted by Crippen LogP contribution is -2.41. The first-order chi connectivity index (χ1) is 16.0. The Morgan fingerprint density at radius 2 is 1.67 bits per heavy atom. The highest BCUT2D eigenvalue weighted by molar-refractivity contribution is 5.82. The number of carbonyl (C=O) groups is 2. The van der Waals surface area contributed by atoms with E-state index in [1.54, 1.807) is 0 Å². The van der Waals surface area contributed by atoms with E-state index in [0.717, 1.165) is 31.2 Å². The summed E-state index contributed by atoms with van der Waals surface area (Å²) in [4.78, 5) is 23.4. The standard InChI is InChI=1S/C27H34N2O4/c28-25(31)11-12-26(32)29-18-27(20-9-5-2-6-10-20)15-13-21-22(30)17-24(33-23(21)14-16-27)19-7-3-1-4-8-19/h1-10,21-24,30H,11-18H2,(H2,28,31)(H,29,32)/t21-,22+,23+,24+,27+/m1/s1. The van der Waals surface area contributed by atoms with Gasteiger partial charge in [-0.2, -0.15) is 0 Å². The maximum atomic E-state index is 12.4. The van der Waals surface area contributed by atoms with Crippen molar-refractivity contribution in [3.63, 3.8) is 0 Å². The van der Waals surface area contributed by atoms with Crippen LogP contribution >= 0.6 is 0 Å². The largest absolute Gasteiger partial charge is 0.393 e. The normalized spacial score (nSPS) is 29.5. The summed E-state index contributed by atoms with van der Waals surface area (Å²) in [5, 5.41) is 14.1. The molecule has 176 valence electrons. The van der Waals surface area contributed by atoms with E-state index in [1.165, 1.54) is 5.56 Å². The number of nitrogens with one attached hydrogen (secondary N) is 1. The highest BCUT2D eigenvalue weighted by Crippen LogP contribution is 2.46. The van der Waals surface area contributed by atoms with Crippen LogP contribution in [0.4, 0.5) is 0 Å². The van der Waals surface area contributed by atoms with Gasteiger partial charge in [-0.3, -0.25) is 9.59 Å². The molecule has 0 spiro atoms. The van der Waals surface area contributed by atoms with Gasteiger partial charge in [-0.1, -0.05) is 60.7 Å². The third kappa shape index (κ3) is 5.63. The van der Waals surface area contributed by atoms with Crippen LogP contribution in [0.5, 0.6) is 0 Å². The molecule has 0 aromatic heterocycles. The number of rotatable bonds is 7.